The minimum atomic E-state index is 0.246. The van der Waals surface area contributed by atoms with Crippen molar-refractivity contribution in [3.63, 3.8) is 0 Å². The lowest BCUT2D eigenvalue weighted by Gasteiger charge is -1.99. The normalized spacial score (nSPS) is 11.0. The fourth-order valence-corrected chi connectivity index (χ4v) is 1.15. The van der Waals surface area contributed by atoms with Gasteiger partial charge in [0.2, 0.25) is 0 Å². The van der Waals surface area contributed by atoms with Gasteiger partial charge in [-0.25, -0.2) is 0 Å². The minimum absolute atomic E-state index is 0.246. The van der Waals surface area contributed by atoms with Crippen molar-refractivity contribution in [3.8, 4) is 6.19 Å². The van der Waals surface area contributed by atoms with Crippen LogP contribution in [0.25, 0.3) is 0 Å². The second-order valence-corrected chi connectivity index (χ2v) is 3.21. The summed E-state index contributed by atoms with van der Waals surface area (Å²) in [7, 11) is 0. The maximum absolute atomic E-state index is 8.51. The van der Waals surface area contributed by atoms with Crippen LogP contribution in [0.4, 0.5) is 0 Å². The molecule has 0 saturated carbocycles. The molecule has 0 aliphatic carbocycles. The number of aliphatic hydroxyl groups is 1. The molecule has 0 radical (unpaired) electrons. The molecule has 0 unspecified atom stereocenters. The van der Waals surface area contributed by atoms with Crippen LogP contribution in [0.3, 0.4) is 0 Å². The molecular weight excluding hydrogens is 186 g/mol. The van der Waals surface area contributed by atoms with Crippen LogP contribution < -0.4 is 5.32 Å². The van der Waals surface area contributed by atoms with Gasteiger partial charge in [-0.15, -0.1) is 0 Å². The number of aliphatic hydroxyl groups excluding tert-OH is 1. The lowest BCUT2D eigenvalue weighted by molar-refractivity contribution is 0.283. The van der Waals surface area contributed by atoms with Crippen LogP contribution in [0.1, 0.15) is 19.3 Å². The number of rotatable bonds is 5. The number of unbranched alkanes of at least 4 members (excludes halogenated alkanes) is 2. The first kappa shape index (κ1) is 12.3. The maximum atomic E-state index is 8.51. The minimum Gasteiger partial charge on any atom is -0.396 e. The Hall–Kier alpha value is -0.730. The Balaban J connectivity index is 3.50. The molecule has 0 aliphatic heterocycles. The van der Waals surface area contributed by atoms with Gasteiger partial charge in [-0.1, -0.05) is 11.8 Å². The summed E-state index contributed by atoms with van der Waals surface area (Å²) >= 11 is 1.43. The fourth-order valence-electron chi connectivity index (χ4n) is 0.784. The highest BCUT2D eigenvalue weighted by molar-refractivity contribution is 8.13. The Kier molecular flexibility index (Phi) is 8.83. The van der Waals surface area contributed by atoms with Crippen LogP contribution in [-0.4, -0.2) is 29.7 Å². The molecule has 0 aromatic heterocycles. The highest BCUT2D eigenvalue weighted by atomic mass is 32.2. The van der Waals surface area contributed by atoms with E-state index in [9.17, 15) is 0 Å². The van der Waals surface area contributed by atoms with Gasteiger partial charge in [-0.05, 0) is 25.5 Å². The van der Waals surface area contributed by atoms with Crippen LogP contribution in [0.15, 0.2) is 4.99 Å². The Morgan fingerprint density at radius 1 is 1.54 bits per heavy atom. The van der Waals surface area contributed by atoms with E-state index in [4.69, 9.17) is 10.4 Å². The first-order valence-electron chi connectivity index (χ1n) is 4.19. The van der Waals surface area contributed by atoms with Gasteiger partial charge in [-0.3, -0.25) is 10.3 Å². The topological polar surface area (TPSA) is 68.4 Å². The molecule has 0 amide bonds. The van der Waals surface area contributed by atoms with Gasteiger partial charge in [0.25, 0.3) is 0 Å². The maximum Gasteiger partial charge on any atom is 0.183 e. The average Bonchev–Trinajstić information content (AvgIpc) is 2.16. The van der Waals surface area contributed by atoms with Crippen molar-refractivity contribution in [1.82, 2.24) is 5.32 Å². The summed E-state index contributed by atoms with van der Waals surface area (Å²) in [5, 5.41) is 20.0. The molecule has 74 valence electrons. The number of nitrogens with one attached hydrogen (secondary N) is 1. The number of nitrogens with zero attached hydrogens (tertiary/aromatic N) is 2. The lowest BCUT2D eigenvalue weighted by atomic mass is 10.2. The molecule has 5 heteroatoms. The van der Waals surface area contributed by atoms with Crippen molar-refractivity contribution < 1.29 is 5.11 Å². The Morgan fingerprint density at radius 2 is 2.31 bits per heavy atom. The molecule has 0 aromatic rings. The molecular formula is C8H15N3OS. The molecule has 0 aromatic carbocycles. The Labute approximate surface area is 83.0 Å². The predicted molar refractivity (Wildman–Crippen MR) is 55.5 cm³/mol. The lowest BCUT2D eigenvalue weighted by Crippen LogP contribution is -2.13. The number of hydrogen-bond acceptors (Lipinski definition) is 4. The molecule has 0 atom stereocenters. The fraction of sp³-hybridized carbons (Fsp3) is 0.750. The predicted octanol–water partition coefficient (Wildman–Crippen LogP) is 0.939. The van der Waals surface area contributed by atoms with Gasteiger partial charge >= 0.3 is 0 Å². The van der Waals surface area contributed by atoms with Crippen molar-refractivity contribution in [3.05, 3.63) is 0 Å². The average molecular weight is 201 g/mol. The van der Waals surface area contributed by atoms with E-state index in [0.717, 1.165) is 19.3 Å². The molecule has 0 rings (SSSR count). The first-order chi connectivity index (χ1) is 6.35. The van der Waals surface area contributed by atoms with Crippen LogP contribution in [0.2, 0.25) is 0 Å². The number of thioether (sulfide) groups is 1. The highest BCUT2D eigenvalue weighted by Crippen LogP contribution is 1.98. The van der Waals surface area contributed by atoms with Crippen LogP contribution in [0, 0.1) is 11.5 Å². The number of hydrogen-bond donors (Lipinski definition) is 2. The summed E-state index contributed by atoms with van der Waals surface area (Å²) in [5.74, 6) is 0. The standard InChI is InChI=1S/C8H15N3OS/c1-13-8(11-7-9)10-5-3-2-4-6-12/h12H,2-6H2,1H3,(H,10,11). The van der Waals surface area contributed by atoms with E-state index in [1.165, 1.54) is 11.8 Å². The summed E-state index contributed by atoms with van der Waals surface area (Å²) in [6.45, 7) is 0.959. The van der Waals surface area contributed by atoms with Crippen molar-refractivity contribution in [1.29, 1.82) is 5.26 Å². The van der Waals surface area contributed by atoms with Crippen molar-refractivity contribution in [2.75, 3.05) is 19.4 Å². The molecule has 13 heavy (non-hydrogen) atoms. The second-order valence-electron chi connectivity index (χ2n) is 2.41. The quantitative estimate of drug-likeness (QED) is 0.228. The summed E-state index contributed by atoms with van der Waals surface area (Å²) < 4.78 is 0. The molecule has 0 bridgehead atoms. The van der Waals surface area contributed by atoms with Crippen LogP contribution in [0.5, 0.6) is 0 Å². The highest BCUT2D eigenvalue weighted by Gasteiger charge is 1.93. The zero-order chi connectivity index (χ0) is 9.94. The van der Waals surface area contributed by atoms with Crippen molar-refractivity contribution in [2.24, 2.45) is 4.99 Å². The van der Waals surface area contributed by atoms with Crippen molar-refractivity contribution in [2.45, 2.75) is 19.3 Å². The summed E-state index contributed by atoms with van der Waals surface area (Å²) in [4.78, 5) is 4.17. The summed E-state index contributed by atoms with van der Waals surface area (Å²) in [5.41, 5.74) is 0. The Bertz CT molecular complexity index is 188. The van der Waals surface area contributed by atoms with E-state index in [-0.39, 0.29) is 6.61 Å². The van der Waals surface area contributed by atoms with Gasteiger partial charge in [0, 0.05) is 13.2 Å². The zero-order valence-corrected chi connectivity index (χ0v) is 8.60. The van der Waals surface area contributed by atoms with E-state index in [2.05, 4.69) is 10.3 Å². The number of nitriles is 1. The van der Waals surface area contributed by atoms with E-state index in [1.54, 1.807) is 0 Å². The number of aliphatic imine (C=N–C) groups is 1. The van der Waals surface area contributed by atoms with E-state index in [1.807, 2.05) is 12.4 Å². The van der Waals surface area contributed by atoms with E-state index in [0.29, 0.717) is 11.7 Å². The van der Waals surface area contributed by atoms with E-state index < -0.39 is 0 Å². The molecule has 0 heterocycles. The molecule has 0 saturated heterocycles. The molecule has 4 nitrogen and oxygen atoms in total. The SMILES string of the molecule is CSC(=NCCCCCO)NC#N. The van der Waals surface area contributed by atoms with Gasteiger partial charge in [0.15, 0.2) is 11.4 Å². The zero-order valence-electron chi connectivity index (χ0n) is 7.79. The third kappa shape index (κ3) is 7.62. The van der Waals surface area contributed by atoms with Crippen LogP contribution >= 0.6 is 11.8 Å². The van der Waals surface area contributed by atoms with Crippen molar-refractivity contribution >= 4 is 16.9 Å². The second kappa shape index (κ2) is 9.36. The molecule has 0 spiro atoms. The van der Waals surface area contributed by atoms with Gasteiger partial charge in [0.05, 0.1) is 0 Å². The monoisotopic (exact) mass is 201 g/mol. The third-order valence-electron chi connectivity index (χ3n) is 1.43. The largest absolute Gasteiger partial charge is 0.396 e. The van der Waals surface area contributed by atoms with Gasteiger partial charge in [0.1, 0.15) is 0 Å². The van der Waals surface area contributed by atoms with Crippen LogP contribution in [-0.2, 0) is 0 Å². The molecule has 2 N–H and O–H groups in total. The Morgan fingerprint density at radius 3 is 2.85 bits per heavy atom. The summed E-state index contributed by atoms with van der Waals surface area (Å²) in [6.07, 6.45) is 6.47. The first-order valence-corrected chi connectivity index (χ1v) is 5.42. The third-order valence-corrected chi connectivity index (χ3v) is 2.05. The molecule has 0 aliphatic rings. The van der Waals surface area contributed by atoms with E-state index >= 15 is 0 Å². The summed E-state index contributed by atoms with van der Waals surface area (Å²) in [6, 6.07) is 0. The van der Waals surface area contributed by atoms with Gasteiger partial charge in [-0.2, -0.15) is 5.26 Å². The molecule has 0 fully saturated rings. The van der Waals surface area contributed by atoms with Gasteiger partial charge < -0.3 is 5.11 Å². The number of amidine groups is 1. The smallest absolute Gasteiger partial charge is 0.183 e.